The number of thiophene rings is 1. The lowest BCUT2D eigenvalue weighted by atomic mass is 10.2. The Morgan fingerprint density at radius 3 is 2.96 bits per heavy atom. The van der Waals surface area contributed by atoms with Crippen LogP contribution in [0.25, 0.3) is 10.7 Å². The summed E-state index contributed by atoms with van der Waals surface area (Å²) < 4.78 is 29.3. The number of nitrogens with one attached hydrogen (secondary N) is 1. The Labute approximate surface area is 165 Å². The minimum atomic E-state index is -0.541. The number of hydrogen-bond donors (Lipinski definition) is 1. The van der Waals surface area contributed by atoms with Gasteiger partial charge in [0, 0.05) is 31.7 Å². The average Bonchev–Trinajstić information content (AvgIpc) is 3.35. The number of ether oxygens (including phenoxy) is 2. The number of hydrogen-bond acceptors (Lipinski definition) is 7. The lowest BCUT2D eigenvalue weighted by Crippen LogP contribution is -2.12. The molecule has 0 saturated heterocycles. The molecule has 0 saturated carbocycles. The van der Waals surface area contributed by atoms with E-state index in [1.807, 2.05) is 17.5 Å². The molecule has 0 fully saturated rings. The normalized spacial score (nSPS) is 10.8. The summed E-state index contributed by atoms with van der Waals surface area (Å²) in [6.07, 6.45) is 1.29. The van der Waals surface area contributed by atoms with Gasteiger partial charge in [0.25, 0.3) is 0 Å². The third-order valence-electron chi connectivity index (χ3n) is 3.76. The molecule has 9 heteroatoms. The van der Waals surface area contributed by atoms with Gasteiger partial charge in [-0.2, -0.15) is 4.98 Å². The van der Waals surface area contributed by atoms with E-state index in [4.69, 9.17) is 14.0 Å². The number of methoxy groups -OCH3 is 1. The highest BCUT2D eigenvalue weighted by Crippen LogP contribution is 2.22. The van der Waals surface area contributed by atoms with Gasteiger partial charge in [0.1, 0.15) is 6.61 Å². The highest BCUT2D eigenvalue weighted by molar-refractivity contribution is 7.13. The Morgan fingerprint density at radius 1 is 1.32 bits per heavy atom. The molecule has 2 heterocycles. The molecule has 0 aliphatic rings. The zero-order valence-corrected chi connectivity index (χ0v) is 16.1. The Kier molecular flexibility index (Phi) is 7.10. The predicted octanol–water partition coefficient (Wildman–Crippen LogP) is 3.92. The van der Waals surface area contributed by atoms with E-state index < -0.39 is 5.82 Å². The molecule has 1 amide bonds. The summed E-state index contributed by atoms with van der Waals surface area (Å²) in [6, 6.07) is 8.13. The highest BCUT2D eigenvalue weighted by atomic mass is 32.1. The summed E-state index contributed by atoms with van der Waals surface area (Å²) in [5, 5.41) is 8.54. The number of amides is 1. The van der Waals surface area contributed by atoms with Crippen LogP contribution in [0.15, 0.2) is 40.2 Å². The van der Waals surface area contributed by atoms with Crippen molar-refractivity contribution >= 4 is 22.9 Å². The number of halogens is 1. The Balaban J connectivity index is 1.43. The molecule has 3 aromatic rings. The van der Waals surface area contributed by atoms with Crippen LogP contribution in [-0.2, 0) is 16.0 Å². The number of benzene rings is 1. The van der Waals surface area contributed by atoms with Gasteiger partial charge < -0.3 is 19.3 Å². The van der Waals surface area contributed by atoms with E-state index in [9.17, 15) is 9.18 Å². The molecular weight excluding hydrogens is 385 g/mol. The van der Waals surface area contributed by atoms with Crippen LogP contribution in [0.1, 0.15) is 18.7 Å². The fourth-order valence-electron chi connectivity index (χ4n) is 2.42. The van der Waals surface area contributed by atoms with E-state index >= 15 is 0 Å². The van der Waals surface area contributed by atoms with Crippen LogP contribution < -0.4 is 10.1 Å². The van der Waals surface area contributed by atoms with Crippen molar-refractivity contribution in [2.45, 2.75) is 19.3 Å². The molecule has 1 N–H and O–H groups in total. The zero-order valence-electron chi connectivity index (χ0n) is 15.3. The van der Waals surface area contributed by atoms with Gasteiger partial charge in [-0.1, -0.05) is 11.2 Å². The quantitative estimate of drug-likeness (QED) is 0.515. The summed E-state index contributed by atoms with van der Waals surface area (Å²) in [5.41, 5.74) is 0.374. The topological polar surface area (TPSA) is 86.5 Å². The molecule has 0 spiro atoms. The van der Waals surface area contributed by atoms with Gasteiger partial charge in [0.2, 0.25) is 17.6 Å². The number of nitrogens with zero attached hydrogens (tertiary/aromatic N) is 2. The highest BCUT2D eigenvalue weighted by Gasteiger charge is 2.11. The molecule has 0 atom stereocenters. The minimum Gasteiger partial charge on any atom is -0.488 e. The van der Waals surface area contributed by atoms with Crippen LogP contribution in [0.2, 0.25) is 0 Å². The predicted molar refractivity (Wildman–Crippen MR) is 103 cm³/mol. The fraction of sp³-hybridized carbons (Fsp3) is 0.316. The number of rotatable bonds is 10. The van der Waals surface area contributed by atoms with E-state index in [-0.39, 0.29) is 24.7 Å². The van der Waals surface area contributed by atoms with Crippen molar-refractivity contribution in [3.8, 4) is 16.5 Å². The molecule has 148 valence electrons. The van der Waals surface area contributed by atoms with Crippen LogP contribution in [0.3, 0.4) is 0 Å². The number of aryl methyl sites for hydroxylation is 1. The van der Waals surface area contributed by atoms with Gasteiger partial charge in [-0.05, 0) is 30.0 Å². The first kappa shape index (κ1) is 20.0. The van der Waals surface area contributed by atoms with Crippen LogP contribution in [0.4, 0.5) is 10.1 Å². The monoisotopic (exact) mass is 405 g/mol. The summed E-state index contributed by atoms with van der Waals surface area (Å²) in [4.78, 5) is 17.3. The first-order chi connectivity index (χ1) is 13.7. The van der Waals surface area contributed by atoms with Crippen molar-refractivity contribution in [3.05, 3.63) is 47.4 Å². The molecule has 0 unspecified atom stereocenters. The van der Waals surface area contributed by atoms with E-state index in [2.05, 4.69) is 15.5 Å². The smallest absolute Gasteiger partial charge is 0.226 e. The van der Waals surface area contributed by atoms with Crippen LogP contribution in [0, 0.1) is 5.82 Å². The third kappa shape index (κ3) is 5.61. The van der Waals surface area contributed by atoms with Crippen molar-refractivity contribution < 1.29 is 23.2 Å². The Bertz CT molecular complexity index is 898. The molecule has 28 heavy (non-hydrogen) atoms. The summed E-state index contributed by atoms with van der Waals surface area (Å²) in [6.45, 7) is 0.621. The molecule has 0 aliphatic heterocycles. The first-order valence-electron chi connectivity index (χ1n) is 8.73. The molecule has 0 radical (unpaired) electrons. The number of aromatic nitrogens is 2. The molecule has 1 aromatic carbocycles. The third-order valence-corrected chi connectivity index (χ3v) is 4.63. The lowest BCUT2D eigenvalue weighted by molar-refractivity contribution is -0.116. The number of anilines is 1. The van der Waals surface area contributed by atoms with E-state index in [1.165, 1.54) is 23.5 Å². The fourth-order valence-corrected chi connectivity index (χ4v) is 3.07. The molecule has 0 bridgehead atoms. The SMILES string of the molecule is COCCOc1ccc(NC(=O)CCCc2nc(-c3cccs3)no2)cc1F. The summed E-state index contributed by atoms with van der Waals surface area (Å²) in [7, 11) is 1.54. The maximum Gasteiger partial charge on any atom is 0.226 e. The van der Waals surface area contributed by atoms with Crippen molar-refractivity contribution in [3.63, 3.8) is 0 Å². The van der Waals surface area contributed by atoms with Gasteiger partial charge >= 0.3 is 0 Å². The van der Waals surface area contributed by atoms with Crippen LogP contribution in [-0.4, -0.2) is 36.4 Å². The molecule has 3 rings (SSSR count). The second-order valence-electron chi connectivity index (χ2n) is 5.88. The van der Waals surface area contributed by atoms with Crippen molar-refractivity contribution in [2.24, 2.45) is 0 Å². The standard InChI is InChI=1S/C19H20FN3O4S/c1-25-9-10-26-15-8-7-13(12-14(15)20)21-17(24)5-2-6-18-22-19(23-27-18)16-4-3-11-28-16/h3-4,7-8,11-12H,2,5-6,9-10H2,1H3,(H,21,24). The van der Waals surface area contributed by atoms with Crippen molar-refractivity contribution in [1.82, 2.24) is 10.1 Å². The van der Waals surface area contributed by atoms with Gasteiger partial charge in [-0.25, -0.2) is 4.39 Å². The maximum absolute atomic E-state index is 14.0. The largest absolute Gasteiger partial charge is 0.488 e. The van der Waals surface area contributed by atoms with E-state index in [1.54, 1.807) is 13.2 Å². The first-order valence-corrected chi connectivity index (χ1v) is 9.61. The number of carbonyl (C=O) groups excluding carboxylic acids is 1. The molecular formula is C19H20FN3O4S. The summed E-state index contributed by atoms with van der Waals surface area (Å²) >= 11 is 1.53. The van der Waals surface area contributed by atoms with E-state index in [0.717, 1.165) is 4.88 Å². The average molecular weight is 405 g/mol. The zero-order chi connectivity index (χ0) is 19.8. The van der Waals surface area contributed by atoms with Crippen molar-refractivity contribution in [1.29, 1.82) is 0 Å². The lowest BCUT2D eigenvalue weighted by Gasteiger charge is -2.09. The maximum atomic E-state index is 14.0. The van der Waals surface area contributed by atoms with Gasteiger partial charge in [-0.3, -0.25) is 4.79 Å². The Morgan fingerprint density at radius 2 is 2.21 bits per heavy atom. The van der Waals surface area contributed by atoms with Gasteiger partial charge in [-0.15, -0.1) is 11.3 Å². The van der Waals surface area contributed by atoms with Gasteiger partial charge in [0.15, 0.2) is 11.6 Å². The second kappa shape index (κ2) is 9.95. The minimum absolute atomic E-state index is 0.119. The summed E-state index contributed by atoms with van der Waals surface area (Å²) in [5.74, 6) is 0.400. The molecule has 7 nitrogen and oxygen atoms in total. The van der Waals surface area contributed by atoms with Crippen molar-refractivity contribution in [2.75, 3.05) is 25.6 Å². The van der Waals surface area contributed by atoms with E-state index in [0.29, 0.717) is 36.9 Å². The number of carbonyl (C=O) groups is 1. The molecule has 2 aromatic heterocycles. The van der Waals surface area contributed by atoms with Crippen LogP contribution >= 0.6 is 11.3 Å². The van der Waals surface area contributed by atoms with Gasteiger partial charge in [0.05, 0.1) is 11.5 Å². The van der Waals surface area contributed by atoms with Crippen LogP contribution in [0.5, 0.6) is 5.75 Å². The Hall–Kier alpha value is -2.78. The molecule has 0 aliphatic carbocycles. The second-order valence-corrected chi connectivity index (χ2v) is 6.82.